The number of imide groups is 1. The normalized spacial score (nSPS) is 35.2. The zero-order valence-corrected chi connectivity index (χ0v) is 16.7. The number of hydrogen-bond donors (Lipinski definition) is 3. The fourth-order valence-corrected chi connectivity index (χ4v) is 5.84. The molecule has 3 fully saturated rings. The van der Waals surface area contributed by atoms with E-state index in [4.69, 9.17) is 0 Å². The largest absolute Gasteiger partial charge is 0.345 e. The molecule has 8 heteroatoms. The summed E-state index contributed by atoms with van der Waals surface area (Å²) in [5, 5.41) is 7.04. The minimum Gasteiger partial charge on any atom is -0.345 e. The molecule has 2 saturated heterocycles. The van der Waals surface area contributed by atoms with Crippen molar-refractivity contribution in [3.63, 3.8) is 0 Å². The number of allylic oxidation sites excluding steroid dienone is 2. The van der Waals surface area contributed by atoms with Gasteiger partial charge in [0.15, 0.2) is 0 Å². The molecule has 4 unspecified atom stereocenters. The van der Waals surface area contributed by atoms with Gasteiger partial charge in [-0.15, -0.1) is 0 Å². The van der Waals surface area contributed by atoms with Crippen molar-refractivity contribution in [3.8, 4) is 0 Å². The topological polar surface area (TPSA) is 108 Å². The van der Waals surface area contributed by atoms with Crippen LogP contribution in [0.3, 0.4) is 0 Å². The molecular formula is C20H28N4O4. The molecular weight excluding hydrogens is 360 g/mol. The summed E-state index contributed by atoms with van der Waals surface area (Å²) in [4.78, 5) is 50.0. The van der Waals surface area contributed by atoms with Crippen LogP contribution in [0.4, 0.5) is 0 Å². The van der Waals surface area contributed by atoms with Gasteiger partial charge in [0.2, 0.25) is 0 Å². The molecule has 0 aromatic rings. The van der Waals surface area contributed by atoms with E-state index in [0.29, 0.717) is 12.8 Å². The minimum atomic E-state index is -0.976. The fourth-order valence-electron chi connectivity index (χ4n) is 5.84. The van der Waals surface area contributed by atoms with Gasteiger partial charge in [0, 0.05) is 17.1 Å². The van der Waals surface area contributed by atoms with Crippen LogP contribution in [-0.4, -0.2) is 45.8 Å². The van der Waals surface area contributed by atoms with Crippen molar-refractivity contribution >= 4 is 23.6 Å². The van der Waals surface area contributed by atoms with Crippen LogP contribution in [0.15, 0.2) is 12.2 Å². The standard InChI is InChI=1S/C20H28N4O4/c1-19(2)8-12(9-20(3,4)23-19)21-15(25)16(26)22-24-17(27)13-10-5-6-11(7-10)14(13)18(24)28/h5-6,10-14,23H,7-9H2,1-4H3,(H,21,25)(H,22,26). The number of fused-ring (bicyclic) bond motifs is 5. The van der Waals surface area contributed by atoms with E-state index in [2.05, 4.69) is 43.8 Å². The summed E-state index contributed by atoms with van der Waals surface area (Å²) >= 11 is 0. The number of nitrogens with one attached hydrogen (secondary N) is 3. The van der Waals surface area contributed by atoms with Gasteiger partial charge in [-0.2, -0.15) is 5.01 Å². The summed E-state index contributed by atoms with van der Waals surface area (Å²) in [5.41, 5.74) is 1.89. The number of nitrogens with zero attached hydrogens (tertiary/aromatic N) is 1. The lowest BCUT2D eigenvalue weighted by atomic mass is 9.79. The Bertz CT molecular complexity index is 741. The van der Waals surface area contributed by atoms with Crippen molar-refractivity contribution < 1.29 is 19.2 Å². The van der Waals surface area contributed by atoms with Crippen LogP contribution in [0.5, 0.6) is 0 Å². The van der Waals surface area contributed by atoms with E-state index in [1.54, 1.807) is 0 Å². The molecule has 4 rings (SSSR count). The molecule has 28 heavy (non-hydrogen) atoms. The highest BCUT2D eigenvalue weighted by Crippen LogP contribution is 2.52. The van der Waals surface area contributed by atoms with Crippen LogP contribution in [0.1, 0.15) is 47.0 Å². The second-order valence-electron chi connectivity index (χ2n) is 9.92. The van der Waals surface area contributed by atoms with E-state index >= 15 is 0 Å². The highest BCUT2D eigenvalue weighted by molar-refractivity contribution is 6.35. The first-order valence-corrected chi connectivity index (χ1v) is 9.94. The number of hydrazine groups is 1. The zero-order chi connectivity index (χ0) is 20.4. The Kier molecular flexibility index (Phi) is 4.19. The lowest BCUT2D eigenvalue weighted by molar-refractivity contribution is -0.152. The maximum atomic E-state index is 12.6. The quantitative estimate of drug-likeness (QED) is 0.357. The maximum Gasteiger partial charge on any atom is 0.328 e. The van der Waals surface area contributed by atoms with Gasteiger partial charge in [-0.1, -0.05) is 12.2 Å². The maximum absolute atomic E-state index is 12.6. The molecule has 0 aromatic heterocycles. The lowest BCUT2D eigenvalue weighted by Crippen LogP contribution is -2.63. The summed E-state index contributed by atoms with van der Waals surface area (Å²) in [6.07, 6.45) is 6.13. The molecule has 3 N–H and O–H groups in total. The van der Waals surface area contributed by atoms with Crippen LogP contribution in [0.25, 0.3) is 0 Å². The highest BCUT2D eigenvalue weighted by atomic mass is 16.2. The monoisotopic (exact) mass is 388 g/mol. The zero-order valence-electron chi connectivity index (χ0n) is 16.7. The second kappa shape index (κ2) is 6.14. The number of rotatable bonds is 2. The molecule has 152 valence electrons. The molecule has 1 saturated carbocycles. The molecule has 4 aliphatic rings. The third kappa shape index (κ3) is 3.13. The molecule has 4 amide bonds. The predicted molar refractivity (Wildman–Crippen MR) is 100 cm³/mol. The van der Waals surface area contributed by atoms with Crippen molar-refractivity contribution in [3.05, 3.63) is 12.2 Å². The van der Waals surface area contributed by atoms with E-state index in [0.717, 1.165) is 11.4 Å². The van der Waals surface area contributed by atoms with Gasteiger partial charge in [0.25, 0.3) is 11.8 Å². The third-order valence-electron chi connectivity index (χ3n) is 6.42. The molecule has 2 aliphatic carbocycles. The summed E-state index contributed by atoms with van der Waals surface area (Å²) in [7, 11) is 0. The van der Waals surface area contributed by atoms with E-state index in [-0.39, 0.29) is 29.0 Å². The van der Waals surface area contributed by atoms with Crippen LogP contribution in [0.2, 0.25) is 0 Å². The summed E-state index contributed by atoms with van der Waals surface area (Å²) in [5.74, 6) is -3.31. The van der Waals surface area contributed by atoms with Crippen LogP contribution in [0, 0.1) is 23.7 Å². The summed E-state index contributed by atoms with van der Waals surface area (Å²) in [6.45, 7) is 8.21. The van der Waals surface area contributed by atoms with E-state index in [1.807, 2.05) is 12.2 Å². The van der Waals surface area contributed by atoms with Gasteiger partial charge in [0.1, 0.15) is 0 Å². The molecule has 2 heterocycles. The summed E-state index contributed by atoms with van der Waals surface area (Å²) < 4.78 is 0. The first-order chi connectivity index (χ1) is 13.0. The van der Waals surface area contributed by atoms with Crippen molar-refractivity contribution in [1.29, 1.82) is 0 Å². The average Bonchev–Trinajstić information content (AvgIpc) is 3.21. The Labute approximate surface area is 164 Å². The third-order valence-corrected chi connectivity index (χ3v) is 6.42. The van der Waals surface area contributed by atoms with Crippen molar-refractivity contribution in [2.75, 3.05) is 0 Å². The van der Waals surface area contributed by atoms with E-state index in [9.17, 15) is 19.2 Å². The van der Waals surface area contributed by atoms with Crippen LogP contribution < -0.4 is 16.1 Å². The van der Waals surface area contributed by atoms with Gasteiger partial charge < -0.3 is 10.6 Å². The van der Waals surface area contributed by atoms with Crippen LogP contribution >= 0.6 is 0 Å². The fraction of sp³-hybridized carbons (Fsp3) is 0.700. The first-order valence-electron chi connectivity index (χ1n) is 9.94. The average molecular weight is 388 g/mol. The van der Waals surface area contributed by atoms with Gasteiger partial charge in [-0.25, -0.2) is 5.43 Å². The number of piperidine rings is 1. The lowest BCUT2D eigenvalue weighted by Gasteiger charge is -2.46. The van der Waals surface area contributed by atoms with Gasteiger partial charge in [-0.3, -0.25) is 19.2 Å². The van der Waals surface area contributed by atoms with E-state index < -0.39 is 35.5 Å². The molecule has 2 bridgehead atoms. The van der Waals surface area contributed by atoms with Crippen molar-refractivity contribution in [1.82, 2.24) is 21.1 Å². The summed E-state index contributed by atoms with van der Waals surface area (Å²) in [6, 6.07) is -0.172. The molecule has 0 aromatic carbocycles. The SMILES string of the molecule is CC1(C)CC(NC(=O)C(=O)NN2C(=O)C3C4C=CC(C4)C3C2=O)CC(C)(C)N1. The first kappa shape index (κ1) is 19.1. The Morgan fingerprint density at radius 3 is 1.96 bits per heavy atom. The van der Waals surface area contributed by atoms with Gasteiger partial charge >= 0.3 is 11.8 Å². The van der Waals surface area contributed by atoms with Crippen LogP contribution in [-0.2, 0) is 19.2 Å². The molecule has 0 radical (unpaired) electrons. The predicted octanol–water partition coefficient (Wildman–Crippen LogP) is 0.250. The smallest absolute Gasteiger partial charge is 0.328 e. The Morgan fingerprint density at radius 1 is 0.964 bits per heavy atom. The number of amides is 4. The molecule has 2 aliphatic heterocycles. The Morgan fingerprint density at radius 2 is 1.46 bits per heavy atom. The Hall–Kier alpha value is -2.22. The minimum absolute atomic E-state index is 0.0568. The molecule has 0 spiro atoms. The van der Waals surface area contributed by atoms with Gasteiger partial charge in [-0.05, 0) is 58.8 Å². The number of hydrogen-bond acceptors (Lipinski definition) is 5. The van der Waals surface area contributed by atoms with Crippen molar-refractivity contribution in [2.45, 2.75) is 64.1 Å². The molecule has 4 atom stereocenters. The Balaban J connectivity index is 1.38. The van der Waals surface area contributed by atoms with E-state index in [1.165, 1.54) is 0 Å². The molecule has 8 nitrogen and oxygen atoms in total. The van der Waals surface area contributed by atoms with Gasteiger partial charge in [0.05, 0.1) is 11.8 Å². The number of carbonyl (C=O) groups is 4. The van der Waals surface area contributed by atoms with Crippen molar-refractivity contribution in [2.24, 2.45) is 23.7 Å². The second-order valence-corrected chi connectivity index (χ2v) is 9.92. The number of carbonyl (C=O) groups excluding carboxylic acids is 4. The highest BCUT2D eigenvalue weighted by Gasteiger charge is 2.60.